The minimum atomic E-state index is -1.05. The maximum atomic E-state index is 15.2. The minimum absolute atomic E-state index is 0.0782. The van der Waals surface area contributed by atoms with E-state index in [2.05, 4.69) is 0 Å². The number of carbonyl (C=O) groups excluding carboxylic acids is 12. The summed E-state index contributed by atoms with van der Waals surface area (Å²) in [6.45, 7) is 8.17. The van der Waals surface area contributed by atoms with Crippen LogP contribution in [0.1, 0.15) is 178 Å². The Morgan fingerprint density at radius 2 is 0.407 bits per heavy atom. The Hall–Kier alpha value is -13.2. The van der Waals surface area contributed by atoms with Crippen LogP contribution in [-0.2, 0) is 28.4 Å². The van der Waals surface area contributed by atoms with Crippen molar-refractivity contribution in [1.82, 2.24) is 29.4 Å². The van der Waals surface area contributed by atoms with Crippen LogP contribution in [0.25, 0.3) is 129 Å². The average molecular weight is 1640 g/mol. The number of hydrogen-bond donors (Lipinski definition) is 0. The first-order valence-electron chi connectivity index (χ1n) is 41.7. The van der Waals surface area contributed by atoms with Crippen LogP contribution in [0.2, 0.25) is 0 Å². The van der Waals surface area contributed by atoms with Crippen LogP contribution < -0.4 is 0 Å². The van der Waals surface area contributed by atoms with E-state index in [4.69, 9.17) is 28.4 Å². The van der Waals surface area contributed by atoms with Crippen LogP contribution in [0.3, 0.4) is 0 Å². The van der Waals surface area contributed by atoms with Gasteiger partial charge >= 0.3 is 0 Å². The van der Waals surface area contributed by atoms with Crippen molar-refractivity contribution >= 4 is 200 Å². The molecular formula is C99H80N6O18. The van der Waals surface area contributed by atoms with Crippen LogP contribution in [0.15, 0.2) is 146 Å². The van der Waals surface area contributed by atoms with Crippen molar-refractivity contribution in [3.05, 3.63) is 212 Å². The van der Waals surface area contributed by atoms with E-state index in [1.807, 2.05) is 79.7 Å². The molecule has 15 aromatic carbocycles. The molecule has 6 aliphatic rings. The summed E-state index contributed by atoms with van der Waals surface area (Å²) in [6.07, 6.45) is 1.77. The van der Waals surface area contributed by atoms with E-state index in [0.717, 1.165) is 80.8 Å². The SMILES string of the molecule is CCC(COCC(C)N1C(=O)c2ccc3c4ccc5c6c(ccc(c7ccc(c2c37)C1=O)c64)C(=O)N(CCCOC)C5=O)(COCC(C)N1C(=O)c2ccc3c4ccc5c6c(ccc(c7ccc(c2c37)C1=O)c64)C(=O)N(CCCOC)C5=O)COCC(C)N1C(=O)c2ccc3c4ccc5c6c(ccc(c7ccc(c2c37)C1=O)c64)C(=O)N(CCCOC)C5=O. The number of rotatable bonds is 28. The zero-order chi connectivity index (χ0) is 84.9. The largest absolute Gasteiger partial charge is 0.385 e. The molecule has 0 saturated carbocycles. The molecule has 15 aromatic rings. The number of nitrogens with zero attached hydrogens (tertiary/aromatic N) is 6. The van der Waals surface area contributed by atoms with Gasteiger partial charge < -0.3 is 28.4 Å². The maximum absolute atomic E-state index is 15.2. The second-order valence-corrected chi connectivity index (χ2v) is 33.6. The zero-order valence-corrected chi connectivity index (χ0v) is 68.4. The number of methoxy groups -OCH3 is 3. The van der Waals surface area contributed by atoms with E-state index in [0.29, 0.717) is 161 Å². The predicted octanol–water partition coefficient (Wildman–Crippen LogP) is 15.5. The van der Waals surface area contributed by atoms with E-state index in [-0.39, 0.29) is 94.7 Å². The molecule has 12 amide bonds. The minimum Gasteiger partial charge on any atom is -0.385 e. The molecule has 24 heteroatoms. The lowest BCUT2D eigenvalue weighted by Crippen LogP contribution is -2.49. The molecule has 0 saturated heterocycles. The zero-order valence-electron chi connectivity index (χ0n) is 68.4. The Bertz CT molecular complexity index is 6330. The van der Waals surface area contributed by atoms with Crippen LogP contribution in [-0.4, -0.2) is 219 Å². The number of carbonyl (C=O) groups is 12. The van der Waals surface area contributed by atoms with Gasteiger partial charge in [-0.05, 0) is 216 Å². The predicted molar refractivity (Wildman–Crippen MR) is 464 cm³/mol. The second-order valence-electron chi connectivity index (χ2n) is 33.6. The standard InChI is InChI=1S/C99H80N6O18/c1-8-99(45-121-42-48(2)103-93(112)69-30-18-57-51-12-24-63-81-64(88(107)100(87(63)106)36-9-39-118-5)25-13-52(75(51)81)58-19-31-70(94(103)113)84(69)78(57)58,46-122-43-49(3)104-95(114)71-32-20-59-53-14-26-65-82-66(90(109)101(89(65)108)37-10-40-119-6)27-15-54(76(53)82)60-21-33-72(96(104)115)85(71)79(59)60)47-123-44-50(4)105-97(116)73-34-22-61-55-16-28-67-83-68(92(111)102(91(67)110)38-11-41-120-7)29-17-56(77(55)83)62-23-35-74(98(105)117)86(73)80(61)62/h12-35,48-50H,8-11,36-47H2,1-7H3. The quantitative estimate of drug-likeness (QED) is 0.0191. The lowest BCUT2D eigenvalue weighted by Gasteiger charge is -2.37. The molecule has 0 aliphatic carbocycles. The van der Waals surface area contributed by atoms with Crippen molar-refractivity contribution in [2.24, 2.45) is 5.41 Å². The first-order chi connectivity index (χ1) is 59.7. The summed E-state index contributed by atoms with van der Waals surface area (Å²) < 4.78 is 35.8. The van der Waals surface area contributed by atoms with Crippen molar-refractivity contribution in [3.63, 3.8) is 0 Å². The number of fused-ring (bicyclic) bond motifs is 6. The fourth-order valence-electron chi connectivity index (χ4n) is 20.9. The van der Waals surface area contributed by atoms with Gasteiger partial charge in [-0.25, -0.2) is 0 Å². The molecule has 6 aliphatic heterocycles. The smallest absolute Gasteiger partial charge is 0.261 e. The van der Waals surface area contributed by atoms with E-state index in [9.17, 15) is 28.8 Å². The summed E-state index contributed by atoms with van der Waals surface area (Å²) in [7, 11) is 4.70. The summed E-state index contributed by atoms with van der Waals surface area (Å²) in [6, 6.07) is 40.6. The molecule has 6 heterocycles. The molecule has 0 bridgehead atoms. The topological polar surface area (TPSA) is 280 Å². The fourth-order valence-corrected chi connectivity index (χ4v) is 20.9. The van der Waals surface area contributed by atoms with Gasteiger partial charge in [-0.2, -0.15) is 0 Å². The summed E-state index contributed by atoms with van der Waals surface area (Å²) in [4.78, 5) is 183. The number of benzene rings is 15. The third-order valence-electron chi connectivity index (χ3n) is 26.8. The van der Waals surface area contributed by atoms with Crippen LogP contribution in [0.4, 0.5) is 0 Å². The molecule has 0 N–H and O–H groups in total. The molecule has 123 heavy (non-hydrogen) atoms. The van der Waals surface area contributed by atoms with Gasteiger partial charge in [0.25, 0.3) is 70.9 Å². The van der Waals surface area contributed by atoms with Gasteiger partial charge in [0.05, 0.1) is 57.8 Å². The Labute approximate surface area is 701 Å². The van der Waals surface area contributed by atoms with Gasteiger partial charge in [0.2, 0.25) is 0 Å². The number of imide groups is 6. The molecule has 0 radical (unpaired) electrons. The van der Waals surface area contributed by atoms with Crippen LogP contribution in [0, 0.1) is 5.41 Å². The highest BCUT2D eigenvalue weighted by molar-refractivity contribution is 6.45. The summed E-state index contributed by atoms with van der Waals surface area (Å²) in [5, 5.41) is 16.5. The van der Waals surface area contributed by atoms with Gasteiger partial charge in [-0.1, -0.05) is 79.7 Å². The molecule has 0 spiro atoms. The van der Waals surface area contributed by atoms with Crippen molar-refractivity contribution < 1.29 is 86.0 Å². The van der Waals surface area contributed by atoms with Gasteiger partial charge in [0.1, 0.15) is 0 Å². The highest BCUT2D eigenvalue weighted by Crippen LogP contribution is 2.52. The number of ether oxygens (including phenoxy) is 6. The van der Waals surface area contributed by atoms with Crippen LogP contribution in [0.5, 0.6) is 0 Å². The van der Waals surface area contributed by atoms with E-state index in [1.54, 1.807) is 115 Å². The van der Waals surface area contributed by atoms with E-state index in [1.165, 1.54) is 29.4 Å². The van der Waals surface area contributed by atoms with Gasteiger partial charge in [0.15, 0.2) is 0 Å². The van der Waals surface area contributed by atoms with Crippen molar-refractivity contribution in [3.8, 4) is 0 Å². The monoisotopic (exact) mass is 1640 g/mol. The van der Waals surface area contributed by atoms with Gasteiger partial charge in [-0.3, -0.25) is 86.9 Å². The van der Waals surface area contributed by atoms with Crippen molar-refractivity contribution in [1.29, 1.82) is 0 Å². The lowest BCUT2D eigenvalue weighted by atomic mass is 9.82. The molecule has 21 rings (SSSR count). The Kier molecular flexibility index (Phi) is 18.0. The Balaban J connectivity index is 0.560. The highest BCUT2D eigenvalue weighted by atomic mass is 16.5. The molecule has 0 aromatic heterocycles. The molecule has 24 nitrogen and oxygen atoms in total. The van der Waals surface area contributed by atoms with Gasteiger partial charge in [-0.15, -0.1) is 0 Å². The second kappa shape index (κ2) is 28.7. The van der Waals surface area contributed by atoms with Crippen molar-refractivity contribution in [2.75, 3.05) is 100 Å². The summed E-state index contributed by atoms with van der Waals surface area (Å²) in [5.74, 6) is -5.54. The average Bonchev–Trinajstić information content (AvgIpc) is 0.697. The number of amides is 12. The Morgan fingerprint density at radius 1 is 0.244 bits per heavy atom. The molecule has 3 atom stereocenters. The first kappa shape index (κ1) is 77.1. The van der Waals surface area contributed by atoms with Crippen LogP contribution >= 0.6 is 0 Å². The lowest BCUT2D eigenvalue weighted by molar-refractivity contribution is -0.0841. The summed E-state index contributed by atoms with van der Waals surface area (Å²) >= 11 is 0. The molecular weight excluding hydrogens is 1560 g/mol. The molecule has 3 unspecified atom stereocenters. The third kappa shape index (κ3) is 10.9. The van der Waals surface area contributed by atoms with Gasteiger partial charge in [0, 0.05) is 165 Å². The summed E-state index contributed by atoms with van der Waals surface area (Å²) in [5.41, 5.74) is 3.24. The normalized spacial score (nSPS) is 16.7. The molecule has 0 fully saturated rings. The highest BCUT2D eigenvalue weighted by Gasteiger charge is 2.45. The van der Waals surface area contributed by atoms with E-state index >= 15 is 28.8 Å². The third-order valence-corrected chi connectivity index (χ3v) is 26.8. The first-order valence-corrected chi connectivity index (χ1v) is 41.7. The fraction of sp³-hybridized carbons (Fsp3) is 0.273. The van der Waals surface area contributed by atoms with Crippen molar-refractivity contribution in [2.45, 2.75) is 71.5 Å². The number of hydrogen-bond acceptors (Lipinski definition) is 18. The van der Waals surface area contributed by atoms with E-state index < -0.39 is 59.0 Å². The maximum Gasteiger partial charge on any atom is 0.261 e. The Morgan fingerprint density at radius 3 is 0.561 bits per heavy atom. The molecule has 614 valence electrons.